The molecule has 0 bridgehead atoms. The van der Waals surface area contributed by atoms with E-state index in [1.807, 2.05) is 0 Å². The molecule has 1 nitrogen and oxygen atoms in total. The first-order valence-electron chi connectivity index (χ1n) is 6.10. The topological polar surface area (TPSA) is 12.0 Å². The van der Waals surface area contributed by atoms with Gasteiger partial charge in [-0.3, -0.25) is 0 Å². The van der Waals surface area contributed by atoms with Crippen LogP contribution in [0, 0.1) is 0 Å². The van der Waals surface area contributed by atoms with Crippen LogP contribution in [0.3, 0.4) is 0 Å². The summed E-state index contributed by atoms with van der Waals surface area (Å²) in [5.41, 5.74) is 0. The van der Waals surface area contributed by atoms with E-state index in [4.69, 9.17) is 0 Å². The Kier molecular flexibility index (Phi) is 6.63. The lowest BCUT2D eigenvalue weighted by Gasteiger charge is -2.14. The third kappa shape index (κ3) is 4.77. The Morgan fingerprint density at radius 3 is 2.47 bits per heavy atom. The van der Waals surface area contributed by atoms with Gasteiger partial charge in [-0.1, -0.05) is 62.9 Å². The summed E-state index contributed by atoms with van der Waals surface area (Å²) in [6.07, 6.45) is 5.56. The molecule has 0 saturated carbocycles. The average Bonchev–Trinajstić information content (AvgIpc) is 2.30. The van der Waals surface area contributed by atoms with Crippen LogP contribution >= 0.6 is 0 Å². The van der Waals surface area contributed by atoms with E-state index in [-0.39, 0.29) is 0 Å². The third-order valence-corrected chi connectivity index (χ3v) is 7.86. The fourth-order valence-corrected chi connectivity index (χ4v) is 6.14. The first-order chi connectivity index (χ1) is 7.38. The second kappa shape index (κ2) is 7.85. The van der Waals surface area contributed by atoms with Crippen LogP contribution in [0.1, 0.15) is 32.6 Å². The summed E-state index contributed by atoms with van der Waals surface area (Å²) in [5.74, 6) is 0. The Balaban J connectivity index is 2.36. The summed E-state index contributed by atoms with van der Waals surface area (Å²) in [4.78, 5) is 0. The smallest absolute Gasteiger partial charge is 0.134 e. The average molecular weight is 237 g/mol. The molecule has 1 N–H and O–H groups in total. The van der Waals surface area contributed by atoms with E-state index >= 15 is 0 Å². The normalized spacial score (nSPS) is 12.9. The molecule has 1 unspecified atom stereocenters. The van der Waals surface area contributed by atoms with E-state index in [2.05, 4.69) is 41.9 Å². The summed E-state index contributed by atoms with van der Waals surface area (Å²) in [6, 6.07) is 12.5. The van der Waals surface area contributed by atoms with E-state index in [1.165, 1.54) is 31.7 Å². The Morgan fingerprint density at radius 1 is 1.13 bits per heavy atom. The third-order valence-electron chi connectivity index (χ3n) is 2.90. The predicted molar refractivity (Wildman–Crippen MR) is 75.2 cm³/mol. The molecule has 0 fully saturated rings. The van der Waals surface area contributed by atoms with Gasteiger partial charge < -0.3 is 4.65 Å². The van der Waals surface area contributed by atoms with Crippen molar-refractivity contribution in [2.45, 2.75) is 38.7 Å². The zero-order valence-corrected chi connectivity index (χ0v) is 13.2. The minimum Gasteiger partial charge on any atom is -0.366 e. The van der Waals surface area contributed by atoms with E-state index in [0.29, 0.717) is 0 Å². The SMILES string of the molecule is CCCCCC[SiH](N[SiH3])c1ccccc1. The van der Waals surface area contributed by atoms with Crippen molar-refractivity contribution in [1.29, 1.82) is 0 Å². The maximum atomic E-state index is 3.67. The molecule has 0 aromatic heterocycles. The van der Waals surface area contributed by atoms with Gasteiger partial charge in [0.25, 0.3) is 0 Å². The summed E-state index contributed by atoms with van der Waals surface area (Å²) < 4.78 is 3.67. The van der Waals surface area contributed by atoms with E-state index in [9.17, 15) is 0 Å². The van der Waals surface area contributed by atoms with Crippen LogP contribution in [0.15, 0.2) is 30.3 Å². The number of rotatable bonds is 7. The Morgan fingerprint density at radius 2 is 1.87 bits per heavy atom. The Hall–Kier alpha value is -0.386. The second-order valence-corrected chi connectivity index (χ2v) is 8.76. The molecule has 15 heavy (non-hydrogen) atoms. The van der Waals surface area contributed by atoms with Gasteiger partial charge in [0.05, 0.1) is 10.4 Å². The quantitative estimate of drug-likeness (QED) is 0.552. The predicted octanol–water partition coefficient (Wildman–Crippen LogP) is 1.07. The molecule has 0 radical (unpaired) electrons. The molecule has 0 saturated heterocycles. The van der Waals surface area contributed by atoms with Crippen LogP contribution < -0.4 is 9.83 Å². The van der Waals surface area contributed by atoms with Gasteiger partial charge in [-0.2, -0.15) is 0 Å². The van der Waals surface area contributed by atoms with Crippen molar-refractivity contribution in [3.05, 3.63) is 30.3 Å². The van der Waals surface area contributed by atoms with Gasteiger partial charge in [0, 0.05) is 0 Å². The van der Waals surface area contributed by atoms with Crippen LogP contribution in [0.5, 0.6) is 0 Å². The van der Waals surface area contributed by atoms with Gasteiger partial charge in [0.1, 0.15) is 8.96 Å². The van der Waals surface area contributed by atoms with Gasteiger partial charge in [-0.25, -0.2) is 0 Å². The lowest BCUT2D eigenvalue weighted by molar-refractivity contribution is 0.698. The van der Waals surface area contributed by atoms with Crippen LogP contribution in [0.4, 0.5) is 0 Å². The monoisotopic (exact) mass is 237 g/mol. The van der Waals surface area contributed by atoms with Crippen LogP contribution in [0.2, 0.25) is 6.04 Å². The van der Waals surface area contributed by atoms with Crippen molar-refractivity contribution in [3.63, 3.8) is 0 Å². The van der Waals surface area contributed by atoms with Gasteiger partial charge in [0.15, 0.2) is 0 Å². The minimum atomic E-state index is -0.802. The highest BCUT2D eigenvalue weighted by atomic mass is 28.3. The fraction of sp³-hybridized carbons (Fsp3) is 0.500. The standard InChI is InChI=1S/C12H23NSi2/c1-2-3-4-8-11-15(13-14)12-9-6-5-7-10-12/h5-7,9-10,13,15H,2-4,8,11H2,1,14H3. The van der Waals surface area contributed by atoms with Crippen molar-refractivity contribution >= 4 is 24.5 Å². The zero-order valence-electron chi connectivity index (χ0n) is 10.00. The minimum absolute atomic E-state index is 0.802. The summed E-state index contributed by atoms with van der Waals surface area (Å²) in [5, 5.41) is 1.59. The maximum Gasteiger partial charge on any atom is 0.134 e. The molecule has 0 aliphatic rings. The van der Waals surface area contributed by atoms with Crippen LogP contribution in [0.25, 0.3) is 0 Å². The zero-order chi connectivity index (χ0) is 10.9. The first-order valence-corrected chi connectivity index (χ1v) is 9.07. The van der Waals surface area contributed by atoms with Crippen molar-refractivity contribution < 1.29 is 0 Å². The molecular formula is C12H23NSi2. The molecule has 1 rings (SSSR count). The van der Waals surface area contributed by atoms with Crippen molar-refractivity contribution in [1.82, 2.24) is 4.65 Å². The van der Waals surface area contributed by atoms with Crippen molar-refractivity contribution in [3.8, 4) is 0 Å². The molecule has 1 atom stereocenters. The Labute approximate surface area is 98.5 Å². The number of unbranched alkanes of at least 4 members (excludes halogenated alkanes) is 3. The molecule has 0 aliphatic carbocycles. The summed E-state index contributed by atoms with van der Waals surface area (Å²) in [6.45, 7) is 2.27. The van der Waals surface area contributed by atoms with Crippen molar-refractivity contribution in [2.24, 2.45) is 0 Å². The first kappa shape index (κ1) is 12.7. The summed E-state index contributed by atoms with van der Waals surface area (Å²) in [7, 11) is 0.336. The van der Waals surface area contributed by atoms with Gasteiger partial charge in [-0.05, 0) is 11.2 Å². The highest BCUT2D eigenvalue weighted by Gasteiger charge is 2.09. The van der Waals surface area contributed by atoms with E-state index in [0.717, 1.165) is 10.4 Å². The number of nitrogens with one attached hydrogen (secondary N) is 1. The van der Waals surface area contributed by atoms with Gasteiger partial charge in [0.2, 0.25) is 0 Å². The highest BCUT2D eigenvalue weighted by Crippen LogP contribution is 2.05. The molecule has 1 aromatic rings. The van der Waals surface area contributed by atoms with Gasteiger partial charge in [-0.15, -0.1) is 0 Å². The number of benzene rings is 1. The number of hydrogen-bond donors (Lipinski definition) is 1. The lowest BCUT2D eigenvalue weighted by Crippen LogP contribution is -2.43. The molecule has 0 spiro atoms. The molecule has 0 heterocycles. The molecule has 1 aromatic carbocycles. The van der Waals surface area contributed by atoms with Crippen LogP contribution in [-0.2, 0) is 0 Å². The largest absolute Gasteiger partial charge is 0.366 e. The van der Waals surface area contributed by atoms with E-state index < -0.39 is 8.96 Å². The van der Waals surface area contributed by atoms with Gasteiger partial charge >= 0.3 is 0 Å². The van der Waals surface area contributed by atoms with E-state index in [1.54, 1.807) is 5.19 Å². The fourth-order valence-electron chi connectivity index (χ4n) is 1.94. The number of hydrogen-bond acceptors (Lipinski definition) is 1. The molecular weight excluding hydrogens is 214 g/mol. The Bertz CT molecular complexity index is 251. The van der Waals surface area contributed by atoms with Crippen molar-refractivity contribution in [2.75, 3.05) is 0 Å². The molecule has 3 heteroatoms. The second-order valence-electron chi connectivity index (χ2n) is 4.10. The molecule has 84 valence electrons. The molecule has 0 aliphatic heterocycles. The highest BCUT2D eigenvalue weighted by molar-refractivity contribution is 6.74. The molecule has 0 amide bonds. The lowest BCUT2D eigenvalue weighted by atomic mass is 10.2. The maximum absolute atomic E-state index is 3.67. The van der Waals surface area contributed by atoms with Crippen LogP contribution in [-0.4, -0.2) is 19.4 Å². The summed E-state index contributed by atoms with van der Waals surface area (Å²) >= 11 is 0.